The Hall–Kier alpha value is -0.810. The van der Waals surface area contributed by atoms with Gasteiger partial charge in [0.1, 0.15) is 0 Å². The molecule has 1 unspecified atom stereocenters. The number of nitrogens with one attached hydrogen (secondary N) is 1. The monoisotopic (exact) mass is 297 g/mol. The van der Waals surface area contributed by atoms with Gasteiger partial charge in [0.05, 0.1) is 12.7 Å². The lowest BCUT2D eigenvalue weighted by molar-refractivity contribution is 0.0171. The molecule has 1 heterocycles. The second kappa shape index (κ2) is 10.0. The standard InChI is InChI=1S/C16H31N3O2/c17-16(19-14-7-3-1-2-4-8-14)18-10-6-11-20-13-15-9-5-12-21-15/h14-15H,1-13H2,(H3,17,18,19). The van der Waals surface area contributed by atoms with Crippen molar-refractivity contribution >= 4 is 5.96 Å². The van der Waals surface area contributed by atoms with Gasteiger partial charge in [-0.25, -0.2) is 0 Å². The molecule has 122 valence electrons. The normalized spacial score (nSPS) is 25.0. The van der Waals surface area contributed by atoms with Gasteiger partial charge in [-0.05, 0) is 32.1 Å². The van der Waals surface area contributed by atoms with E-state index in [4.69, 9.17) is 15.2 Å². The third-order valence-electron chi connectivity index (χ3n) is 4.26. The lowest BCUT2D eigenvalue weighted by Crippen LogP contribution is -2.39. The highest BCUT2D eigenvalue weighted by molar-refractivity contribution is 5.78. The Morgan fingerprint density at radius 3 is 2.67 bits per heavy atom. The molecule has 1 saturated carbocycles. The van der Waals surface area contributed by atoms with Crippen molar-refractivity contribution in [3.63, 3.8) is 0 Å². The second-order valence-electron chi connectivity index (χ2n) is 6.16. The third-order valence-corrected chi connectivity index (χ3v) is 4.26. The first kappa shape index (κ1) is 16.6. The molecule has 2 rings (SSSR count). The molecule has 0 aromatic carbocycles. The largest absolute Gasteiger partial charge is 0.379 e. The van der Waals surface area contributed by atoms with E-state index in [9.17, 15) is 0 Å². The van der Waals surface area contributed by atoms with Crippen LogP contribution in [0, 0.1) is 0 Å². The van der Waals surface area contributed by atoms with E-state index in [-0.39, 0.29) is 0 Å². The minimum atomic E-state index is 0.315. The van der Waals surface area contributed by atoms with E-state index >= 15 is 0 Å². The molecule has 2 fully saturated rings. The maximum Gasteiger partial charge on any atom is 0.188 e. The maximum atomic E-state index is 5.95. The van der Waals surface area contributed by atoms with Crippen LogP contribution < -0.4 is 11.1 Å². The SMILES string of the molecule is NC(=NCCCOCC1CCCO1)NC1CCCCCC1. The Kier molecular flexibility index (Phi) is 7.89. The highest BCUT2D eigenvalue weighted by Gasteiger charge is 2.15. The first-order valence-corrected chi connectivity index (χ1v) is 8.60. The minimum Gasteiger partial charge on any atom is -0.379 e. The van der Waals surface area contributed by atoms with Crippen LogP contribution in [0.4, 0.5) is 0 Å². The van der Waals surface area contributed by atoms with Crippen LogP contribution in [0.3, 0.4) is 0 Å². The number of nitrogens with two attached hydrogens (primary N) is 1. The first-order valence-electron chi connectivity index (χ1n) is 8.60. The van der Waals surface area contributed by atoms with E-state index in [0.29, 0.717) is 18.1 Å². The van der Waals surface area contributed by atoms with Crippen LogP contribution in [-0.2, 0) is 9.47 Å². The van der Waals surface area contributed by atoms with Crippen LogP contribution in [0.1, 0.15) is 57.8 Å². The van der Waals surface area contributed by atoms with Crippen molar-refractivity contribution in [1.29, 1.82) is 0 Å². The average Bonchev–Trinajstić information content (AvgIpc) is 2.87. The van der Waals surface area contributed by atoms with E-state index < -0.39 is 0 Å². The van der Waals surface area contributed by atoms with Crippen LogP contribution in [0.25, 0.3) is 0 Å². The van der Waals surface area contributed by atoms with Crippen molar-refractivity contribution in [3.8, 4) is 0 Å². The zero-order valence-electron chi connectivity index (χ0n) is 13.2. The second-order valence-corrected chi connectivity index (χ2v) is 6.16. The van der Waals surface area contributed by atoms with Crippen molar-refractivity contribution in [3.05, 3.63) is 0 Å². The predicted octanol–water partition coefficient (Wildman–Crippen LogP) is 2.20. The van der Waals surface area contributed by atoms with Gasteiger partial charge in [-0.3, -0.25) is 4.99 Å². The third kappa shape index (κ3) is 7.14. The van der Waals surface area contributed by atoms with E-state index in [1.807, 2.05) is 0 Å². The predicted molar refractivity (Wildman–Crippen MR) is 85.5 cm³/mol. The molecule has 5 heteroatoms. The van der Waals surface area contributed by atoms with Gasteiger partial charge in [-0.15, -0.1) is 0 Å². The molecule has 0 radical (unpaired) electrons. The molecule has 5 nitrogen and oxygen atoms in total. The van der Waals surface area contributed by atoms with Crippen molar-refractivity contribution in [1.82, 2.24) is 5.32 Å². The zero-order valence-corrected chi connectivity index (χ0v) is 13.2. The Bertz CT molecular complexity index is 296. The topological polar surface area (TPSA) is 68.9 Å². The number of aliphatic imine (C=N–C) groups is 1. The summed E-state index contributed by atoms with van der Waals surface area (Å²) < 4.78 is 11.1. The molecule has 0 spiro atoms. The Morgan fingerprint density at radius 2 is 1.95 bits per heavy atom. The van der Waals surface area contributed by atoms with Gasteiger partial charge >= 0.3 is 0 Å². The summed E-state index contributed by atoms with van der Waals surface area (Å²) in [5, 5.41) is 3.36. The molecule has 3 N–H and O–H groups in total. The fourth-order valence-corrected chi connectivity index (χ4v) is 3.04. The molecule has 1 saturated heterocycles. The minimum absolute atomic E-state index is 0.315. The Morgan fingerprint density at radius 1 is 1.14 bits per heavy atom. The van der Waals surface area contributed by atoms with Crippen LogP contribution in [0.15, 0.2) is 4.99 Å². The molecule has 0 bridgehead atoms. The molecule has 1 aliphatic heterocycles. The first-order chi connectivity index (χ1) is 10.3. The lowest BCUT2D eigenvalue weighted by atomic mass is 10.1. The van der Waals surface area contributed by atoms with E-state index in [0.717, 1.165) is 39.2 Å². The number of ether oxygens (including phenoxy) is 2. The number of hydrogen-bond acceptors (Lipinski definition) is 3. The van der Waals surface area contributed by atoms with Crippen molar-refractivity contribution < 1.29 is 9.47 Å². The molecule has 21 heavy (non-hydrogen) atoms. The molecule has 2 aliphatic rings. The summed E-state index contributed by atoms with van der Waals surface area (Å²) in [6.45, 7) is 3.08. The van der Waals surface area contributed by atoms with Crippen LogP contribution in [0.5, 0.6) is 0 Å². The van der Waals surface area contributed by atoms with Crippen molar-refractivity contribution in [2.45, 2.75) is 69.9 Å². The lowest BCUT2D eigenvalue weighted by Gasteiger charge is -2.16. The van der Waals surface area contributed by atoms with Gasteiger partial charge in [-0.1, -0.05) is 25.7 Å². The molecule has 0 aromatic heterocycles. The van der Waals surface area contributed by atoms with E-state index in [2.05, 4.69) is 10.3 Å². The van der Waals surface area contributed by atoms with Gasteiger partial charge in [0, 0.05) is 25.8 Å². The summed E-state index contributed by atoms with van der Waals surface area (Å²) in [6.07, 6.45) is 11.3. The number of guanidine groups is 1. The van der Waals surface area contributed by atoms with E-state index in [1.165, 1.54) is 44.9 Å². The molecule has 0 amide bonds. The highest BCUT2D eigenvalue weighted by Crippen LogP contribution is 2.16. The summed E-state index contributed by atoms with van der Waals surface area (Å²) >= 11 is 0. The van der Waals surface area contributed by atoms with E-state index in [1.54, 1.807) is 0 Å². The Labute approximate surface area is 128 Å². The summed E-state index contributed by atoms with van der Waals surface area (Å²) in [7, 11) is 0. The summed E-state index contributed by atoms with van der Waals surface area (Å²) in [5.41, 5.74) is 5.95. The molecule has 1 atom stereocenters. The van der Waals surface area contributed by atoms with Crippen LogP contribution >= 0.6 is 0 Å². The fraction of sp³-hybridized carbons (Fsp3) is 0.938. The van der Waals surface area contributed by atoms with Gasteiger partial charge in [0.2, 0.25) is 0 Å². The van der Waals surface area contributed by atoms with Gasteiger partial charge in [0.25, 0.3) is 0 Å². The van der Waals surface area contributed by atoms with Crippen molar-refractivity contribution in [2.24, 2.45) is 10.7 Å². The maximum absolute atomic E-state index is 5.95. The summed E-state index contributed by atoms with van der Waals surface area (Å²) in [6, 6.07) is 0.520. The molecular weight excluding hydrogens is 266 g/mol. The highest BCUT2D eigenvalue weighted by atomic mass is 16.5. The zero-order chi connectivity index (χ0) is 14.8. The number of hydrogen-bond donors (Lipinski definition) is 2. The quantitative estimate of drug-likeness (QED) is 0.327. The van der Waals surface area contributed by atoms with Gasteiger partial charge in [0.15, 0.2) is 5.96 Å². The van der Waals surface area contributed by atoms with Gasteiger partial charge in [-0.2, -0.15) is 0 Å². The van der Waals surface area contributed by atoms with Gasteiger partial charge < -0.3 is 20.5 Å². The molecule has 0 aromatic rings. The number of rotatable bonds is 7. The summed E-state index contributed by atoms with van der Waals surface area (Å²) in [5.74, 6) is 0.598. The molecule has 1 aliphatic carbocycles. The summed E-state index contributed by atoms with van der Waals surface area (Å²) in [4.78, 5) is 4.39. The van der Waals surface area contributed by atoms with Crippen LogP contribution in [0.2, 0.25) is 0 Å². The smallest absolute Gasteiger partial charge is 0.188 e. The number of nitrogens with zero attached hydrogens (tertiary/aromatic N) is 1. The average molecular weight is 297 g/mol. The molecular formula is C16H31N3O2. The fourth-order valence-electron chi connectivity index (χ4n) is 3.04. The Balaban J connectivity index is 1.49. The van der Waals surface area contributed by atoms with Crippen molar-refractivity contribution in [2.75, 3.05) is 26.4 Å². The van der Waals surface area contributed by atoms with Crippen LogP contribution in [-0.4, -0.2) is 44.5 Å².